The van der Waals surface area contributed by atoms with E-state index >= 15 is 0 Å². The number of ether oxygens (including phenoxy) is 2. The van der Waals surface area contributed by atoms with Crippen LogP contribution in [0.4, 0.5) is 20.1 Å². The predicted octanol–water partition coefficient (Wildman–Crippen LogP) is 4.38. The highest BCUT2D eigenvalue weighted by Gasteiger charge is 2.37. The van der Waals surface area contributed by atoms with E-state index in [0.717, 1.165) is 29.0 Å². The van der Waals surface area contributed by atoms with E-state index in [9.17, 15) is 9.18 Å². The molecule has 11 heteroatoms. The van der Waals surface area contributed by atoms with Crippen LogP contribution in [0.5, 0.6) is 0 Å². The van der Waals surface area contributed by atoms with E-state index in [-0.39, 0.29) is 30.0 Å². The van der Waals surface area contributed by atoms with Crippen LogP contribution in [0.15, 0.2) is 34.9 Å². The molecule has 2 aliphatic heterocycles. The van der Waals surface area contributed by atoms with E-state index in [2.05, 4.69) is 27.6 Å². The maximum Gasteiger partial charge on any atom is 0.321 e. The molecule has 186 valence electrons. The highest BCUT2D eigenvalue weighted by molar-refractivity contribution is 7.16. The number of methoxy groups -OCH3 is 1. The molecule has 2 aromatic heterocycles. The van der Waals surface area contributed by atoms with Crippen LogP contribution in [-0.4, -0.2) is 55.2 Å². The SMILES string of the molecule is COC[C@H]1c2sc(NC(=O)NC3CCOCC3)nc2C[C@@H](C)N1c1cc(-c2ccc(F)cc2)on1. The number of fused-ring (bicyclic) bond motifs is 1. The quantitative estimate of drug-likeness (QED) is 0.517. The molecule has 1 saturated heterocycles. The van der Waals surface area contributed by atoms with E-state index in [1.54, 1.807) is 19.2 Å². The summed E-state index contributed by atoms with van der Waals surface area (Å²) in [4.78, 5) is 20.4. The van der Waals surface area contributed by atoms with E-state index in [1.165, 1.54) is 23.5 Å². The van der Waals surface area contributed by atoms with Crippen LogP contribution in [0.25, 0.3) is 11.3 Å². The fourth-order valence-electron chi connectivity index (χ4n) is 4.63. The Morgan fingerprint density at radius 1 is 1.29 bits per heavy atom. The minimum absolute atomic E-state index is 0.0693. The molecule has 0 bridgehead atoms. The third-order valence-electron chi connectivity index (χ3n) is 6.32. The zero-order valence-electron chi connectivity index (χ0n) is 19.6. The molecule has 1 aromatic carbocycles. The fraction of sp³-hybridized carbons (Fsp3) is 0.458. The summed E-state index contributed by atoms with van der Waals surface area (Å²) >= 11 is 1.45. The van der Waals surface area contributed by atoms with Gasteiger partial charge in [-0.2, -0.15) is 0 Å². The zero-order chi connectivity index (χ0) is 24.4. The number of halogens is 1. The lowest BCUT2D eigenvalue weighted by Crippen LogP contribution is -2.43. The van der Waals surface area contributed by atoms with Crippen molar-refractivity contribution in [3.63, 3.8) is 0 Å². The topological polar surface area (TPSA) is 102 Å². The van der Waals surface area contributed by atoms with Crippen LogP contribution in [0.1, 0.15) is 36.4 Å². The van der Waals surface area contributed by atoms with Crippen molar-refractivity contribution in [1.29, 1.82) is 0 Å². The Hall–Kier alpha value is -3.02. The maximum atomic E-state index is 13.3. The van der Waals surface area contributed by atoms with Crippen LogP contribution in [0.2, 0.25) is 0 Å². The Morgan fingerprint density at radius 2 is 2.06 bits per heavy atom. The van der Waals surface area contributed by atoms with Gasteiger partial charge in [0, 0.05) is 50.5 Å². The molecular weight excluding hydrogens is 473 g/mol. The van der Waals surface area contributed by atoms with Crippen molar-refractivity contribution in [2.75, 3.05) is 37.1 Å². The van der Waals surface area contributed by atoms with Crippen molar-refractivity contribution in [1.82, 2.24) is 15.5 Å². The number of urea groups is 1. The molecule has 0 spiro atoms. The van der Waals surface area contributed by atoms with Gasteiger partial charge in [-0.05, 0) is 44.0 Å². The van der Waals surface area contributed by atoms with E-state index < -0.39 is 0 Å². The fourth-order valence-corrected chi connectivity index (χ4v) is 5.71. The number of carbonyl (C=O) groups is 1. The van der Waals surface area contributed by atoms with Gasteiger partial charge in [-0.3, -0.25) is 5.32 Å². The first-order chi connectivity index (χ1) is 17.0. The second kappa shape index (κ2) is 10.3. The number of anilines is 2. The molecule has 0 saturated carbocycles. The number of carbonyl (C=O) groups excluding carboxylic acids is 1. The van der Waals surface area contributed by atoms with Crippen LogP contribution >= 0.6 is 11.3 Å². The summed E-state index contributed by atoms with van der Waals surface area (Å²) in [5.74, 6) is 0.928. The maximum absolute atomic E-state index is 13.3. The van der Waals surface area contributed by atoms with Crippen LogP contribution < -0.4 is 15.5 Å². The van der Waals surface area contributed by atoms with Gasteiger partial charge in [0.05, 0.1) is 23.2 Å². The first-order valence-electron chi connectivity index (χ1n) is 11.7. The van der Waals surface area contributed by atoms with Crippen LogP contribution in [0, 0.1) is 5.82 Å². The second-order valence-electron chi connectivity index (χ2n) is 8.80. The Labute approximate surface area is 206 Å². The zero-order valence-corrected chi connectivity index (χ0v) is 20.4. The van der Waals surface area contributed by atoms with Gasteiger partial charge in [0.15, 0.2) is 16.7 Å². The van der Waals surface area contributed by atoms with Gasteiger partial charge >= 0.3 is 6.03 Å². The minimum atomic E-state index is -0.304. The Kier molecular flexibility index (Phi) is 6.98. The molecule has 5 rings (SSSR count). The minimum Gasteiger partial charge on any atom is -0.382 e. The van der Waals surface area contributed by atoms with Crippen LogP contribution in [-0.2, 0) is 15.9 Å². The van der Waals surface area contributed by atoms with Gasteiger partial charge in [0.1, 0.15) is 5.82 Å². The lowest BCUT2D eigenvalue weighted by molar-refractivity contribution is 0.0806. The van der Waals surface area contributed by atoms with Gasteiger partial charge < -0.3 is 24.2 Å². The average molecular weight is 502 g/mol. The summed E-state index contributed by atoms with van der Waals surface area (Å²) < 4.78 is 29.8. The van der Waals surface area contributed by atoms with Gasteiger partial charge in [-0.1, -0.05) is 16.5 Å². The van der Waals surface area contributed by atoms with E-state index in [4.69, 9.17) is 19.0 Å². The number of hydrogen-bond donors (Lipinski definition) is 2. The van der Waals surface area contributed by atoms with Gasteiger partial charge in [-0.15, -0.1) is 0 Å². The number of amides is 2. The Morgan fingerprint density at radius 3 is 2.80 bits per heavy atom. The first kappa shape index (κ1) is 23.7. The van der Waals surface area contributed by atoms with E-state index in [0.29, 0.717) is 43.0 Å². The lowest BCUT2D eigenvalue weighted by Gasteiger charge is -2.39. The number of rotatable bonds is 6. The van der Waals surface area contributed by atoms with Gasteiger partial charge in [0.2, 0.25) is 0 Å². The molecule has 3 aromatic rings. The lowest BCUT2D eigenvalue weighted by atomic mass is 9.99. The number of thiazole rings is 1. The molecule has 2 aliphatic rings. The Balaban J connectivity index is 1.35. The molecule has 0 aliphatic carbocycles. The number of hydrogen-bond acceptors (Lipinski definition) is 8. The molecular formula is C24H28FN5O4S. The van der Waals surface area contributed by atoms with Gasteiger partial charge in [0.25, 0.3) is 0 Å². The third-order valence-corrected chi connectivity index (χ3v) is 7.44. The van der Waals surface area contributed by atoms with Crippen molar-refractivity contribution in [3.8, 4) is 11.3 Å². The van der Waals surface area contributed by atoms with Crippen molar-refractivity contribution < 1.29 is 23.2 Å². The smallest absolute Gasteiger partial charge is 0.321 e. The van der Waals surface area contributed by atoms with Gasteiger partial charge in [-0.25, -0.2) is 14.2 Å². The molecule has 1 fully saturated rings. The molecule has 2 atom stereocenters. The second-order valence-corrected chi connectivity index (χ2v) is 9.83. The summed E-state index contributed by atoms with van der Waals surface area (Å²) in [5.41, 5.74) is 1.70. The molecule has 2 amide bonds. The molecule has 35 heavy (non-hydrogen) atoms. The standard InChI is InChI=1S/C24H28FN5O4S/c1-14-11-18-22(35-24(27-18)28-23(31)26-17-7-9-33-10-8-17)19(13-32-2)30(14)21-12-20(34-29-21)15-3-5-16(25)6-4-15/h3-6,12,14,17,19H,7-11,13H2,1-2H3,(H2,26,27,28,31)/t14-,19+/m1/s1. The summed E-state index contributed by atoms with van der Waals surface area (Å²) in [6, 6.07) is 7.76. The molecule has 2 N–H and O–H groups in total. The highest BCUT2D eigenvalue weighted by atomic mass is 32.1. The first-order valence-corrected chi connectivity index (χ1v) is 12.5. The number of aromatic nitrogens is 2. The normalized spacial score (nSPS) is 20.5. The van der Waals surface area contributed by atoms with Crippen molar-refractivity contribution in [2.24, 2.45) is 0 Å². The highest BCUT2D eigenvalue weighted by Crippen LogP contribution is 2.41. The summed E-state index contributed by atoms with van der Waals surface area (Å²) in [6.45, 7) is 3.84. The van der Waals surface area contributed by atoms with Crippen molar-refractivity contribution >= 4 is 28.3 Å². The third kappa shape index (κ3) is 5.16. The van der Waals surface area contributed by atoms with Crippen LogP contribution in [0.3, 0.4) is 0 Å². The molecule has 0 radical (unpaired) electrons. The van der Waals surface area contributed by atoms with Crippen molar-refractivity contribution in [3.05, 3.63) is 46.7 Å². The molecule has 4 heterocycles. The largest absolute Gasteiger partial charge is 0.382 e. The molecule has 0 unspecified atom stereocenters. The predicted molar refractivity (Wildman–Crippen MR) is 130 cm³/mol. The van der Waals surface area contributed by atoms with Crippen molar-refractivity contribution in [2.45, 2.75) is 44.3 Å². The monoisotopic (exact) mass is 501 g/mol. The Bertz CT molecular complexity index is 1160. The number of nitrogens with one attached hydrogen (secondary N) is 2. The number of nitrogens with zero attached hydrogens (tertiary/aromatic N) is 3. The number of benzene rings is 1. The molecule has 9 nitrogen and oxygen atoms in total. The summed E-state index contributed by atoms with van der Waals surface area (Å²) in [5, 5.41) is 10.8. The summed E-state index contributed by atoms with van der Waals surface area (Å²) in [7, 11) is 1.66. The summed E-state index contributed by atoms with van der Waals surface area (Å²) in [6.07, 6.45) is 2.30. The average Bonchev–Trinajstić information content (AvgIpc) is 3.47. The van der Waals surface area contributed by atoms with E-state index in [1.807, 2.05) is 6.07 Å².